The molecule has 7 heteroatoms. The number of imidazole rings is 1. The Hall–Kier alpha value is -2.25. The molecule has 0 aliphatic rings. The van der Waals surface area contributed by atoms with E-state index in [1.807, 2.05) is 18.2 Å². The zero-order valence-corrected chi connectivity index (χ0v) is 15.6. The summed E-state index contributed by atoms with van der Waals surface area (Å²) >= 11 is 3.36. The van der Waals surface area contributed by atoms with Gasteiger partial charge in [-0.15, -0.1) is 0 Å². The van der Waals surface area contributed by atoms with Gasteiger partial charge in [-0.3, -0.25) is 0 Å². The van der Waals surface area contributed by atoms with Crippen LogP contribution >= 0.6 is 23.1 Å². The van der Waals surface area contributed by atoms with Crippen LogP contribution in [-0.4, -0.2) is 30.3 Å². The lowest BCUT2D eigenvalue weighted by Gasteiger charge is -2.04. The third kappa shape index (κ3) is 3.05. The standard InChI is InChI=1S/C18H17N5S2/c1-3-9-24-18-22-14(12-7-5-4-6-8-12)15(23(18)2)17-21-13-10-19-11-20-16(13)25-17/h4-8,10-11H,3,9H2,1-2H3. The van der Waals surface area contributed by atoms with Crippen LogP contribution in [0.1, 0.15) is 13.3 Å². The molecule has 5 nitrogen and oxygen atoms in total. The topological polar surface area (TPSA) is 56.5 Å². The van der Waals surface area contributed by atoms with E-state index in [0.717, 1.165) is 49.6 Å². The lowest BCUT2D eigenvalue weighted by atomic mass is 10.1. The minimum Gasteiger partial charge on any atom is -0.320 e. The molecule has 0 atom stereocenters. The molecule has 126 valence electrons. The zero-order valence-electron chi connectivity index (χ0n) is 14.0. The molecule has 0 amide bonds. The van der Waals surface area contributed by atoms with Crippen LogP contribution in [0.5, 0.6) is 0 Å². The van der Waals surface area contributed by atoms with Gasteiger partial charge in [-0.05, 0) is 6.42 Å². The van der Waals surface area contributed by atoms with Crippen molar-refractivity contribution in [3.63, 3.8) is 0 Å². The average molecular weight is 368 g/mol. The largest absolute Gasteiger partial charge is 0.320 e. The van der Waals surface area contributed by atoms with Crippen LogP contribution in [0.15, 0.2) is 48.0 Å². The summed E-state index contributed by atoms with van der Waals surface area (Å²) in [4.78, 5) is 19.0. The van der Waals surface area contributed by atoms with Crippen LogP contribution in [-0.2, 0) is 7.05 Å². The van der Waals surface area contributed by atoms with Gasteiger partial charge in [-0.25, -0.2) is 19.9 Å². The maximum absolute atomic E-state index is 4.92. The predicted octanol–water partition coefficient (Wildman–Crippen LogP) is 4.66. The van der Waals surface area contributed by atoms with Gasteiger partial charge < -0.3 is 4.57 Å². The first-order valence-electron chi connectivity index (χ1n) is 8.09. The SMILES string of the molecule is CCCSc1nc(-c2ccccc2)c(-c2nc3cncnc3s2)n1C. The highest BCUT2D eigenvalue weighted by molar-refractivity contribution is 7.99. The van der Waals surface area contributed by atoms with E-state index in [2.05, 4.69) is 40.6 Å². The van der Waals surface area contributed by atoms with Crippen molar-refractivity contribution in [1.82, 2.24) is 24.5 Å². The van der Waals surface area contributed by atoms with Gasteiger partial charge in [-0.1, -0.05) is 60.4 Å². The minimum absolute atomic E-state index is 0.825. The number of aromatic nitrogens is 5. The second-order valence-electron chi connectivity index (χ2n) is 5.60. The first-order valence-corrected chi connectivity index (χ1v) is 9.90. The quantitative estimate of drug-likeness (QED) is 0.480. The molecule has 0 radical (unpaired) electrons. The van der Waals surface area contributed by atoms with E-state index >= 15 is 0 Å². The molecule has 4 aromatic rings. The number of rotatable bonds is 5. The lowest BCUT2D eigenvalue weighted by molar-refractivity contribution is 0.795. The normalized spacial score (nSPS) is 11.3. The molecule has 0 saturated heterocycles. The van der Waals surface area contributed by atoms with Gasteiger partial charge in [0, 0.05) is 18.4 Å². The molecular formula is C18H17N5S2. The van der Waals surface area contributed by atoms with Gasteiger partial charge in [0.05, 0.1) is 6.20 Å². The van der Waals surface area contributed by atoms with Crippen molar-refractivity contribution >= 4 is 33.4 Å². The lowest BCUT2D eigenvalue weighted by Crippen LogP contribution is -1.94. The molecule has 0 aliphatic heterocycles. The molecule has 0 aliphatic carbocycles. The monoisotopic (exact) mass is 367 g/mol. The van der Waals surface area contributed by atoms with Crippen LogP contribution < -0.4 is 0 Å². The Morgan fingerprint density at radius 2 is 2.00 bits per heavy atom. The molecule has 0 unspecified atom stereocenters. The Morgan fingerprint density at radius 3 is 2.76 bits per heavy atom. The second kappa shape index (κ2) is 6.93. The number of hydrogen-bond acceptors (Lipinski definition) is 6. The van der Waals surface area contributed by atoms with E-state index in [0.29, 0.717) is 0 Å². The third-order valence-electron chi connectivity index (χ3n) is 3.81. The summed E-state index contributed by atoms with van der Waals surface area (Å²) in [7, 11) is 2.06. The molecule has 0 bridgehead atoms. The highest BCUT2D eigenvalue weighted by Crippen LogP contribution is 2.38. The van der Waals surface area contributed by atoms with E-state index in [-0.39, 0.29) is 0 Å². The van der Waals surface area contributed by atoms with Crippen molar-refractivity contribution in [3.8, 4) is 22.0 Å². The van der Waals surface area contributed by atoms with E-state index in [1.165, 1.54) is 0 Å². The van der Waals surface area contributed by atoms with Crippen molar-refractivity contribution in [3.05, 3.63) is 42.9 Å². The number of thioether (sulfide) groups is 1. The van der Waals surface area contributed by atoms with E-state index in [4.69, 9.17) is 9.97 Å². The van der Waals surface area contributed by atoms with Gasteiger partial charge in [0.1, 0.15) is 33.1 Å². The maximum Gasteiger partial charge on any atom is 0.168 e. The average Bonchev–Trinajstić information content (AvgIpc) is 3.21. The van der Waals surface area contributed by atoms with Gasteiger partial charge >= 0.3 is 0 Å². The number of thiazole rings is 1. The Bertz CT molecular complexity index is 974. The summed E-state index contributed by atoms with van der Waals surface area (Å²) in [5.41, 5.74) is 3.92. The molecule has 0 saturated carbocycles. The van der Waals surface area contributed by atoms with Crippen LogP contribution in [0.25, 0.3) is 32.3 Å². The highest BCUT2D eigenvalue weighted by atomic mass is 32.2. The Kier molecular flexibility index (Phi) is 4.50. The molecule has 0 N–H and O–H groups in total. The predicted molar refractivity (Wildman–Crippen MR) is 104 cm³/mol. The summed E-state index contributed by atoms with van der Waals surface area (Å²) < 4.78 is 2.15. The smallest absolute Gasteiger partial charge is 0.168 e. The van der Waals surface area contributed by atoms with Gasteiger partial charge in [0.15, 0.2) is 5.16 Å². The van der Waals surface area contributed by atoms with Crippen LogP contribution in [0, 0.1) is 0 Å². The molecule has 0 spiro atoms. The van der Waals surface area contributed by atoms with Gasteiger partial charge in [0.25, 0.3) is 0 Å². The maximum atomic E-state index is 4.92. The molecule has 1 aromatic carbocycles. The Balaban J connectivity index is 1.91. The number of hydrogen-bond donors (Lipinski definition) is 0. The zero-order chi connectivity index (χ0) is 17.2. The Labute approximate surface area is 154 Å². The van der Waals surface area contributed by atoms with Crippen molar-refractivity contribution in [2.24, 2.45) is 7.05 Å². The third-order valence-corrected chi connectivity index (χ3v) is 6.03. The molecule has 3 aromatic heterocycles. The van der Waals surface area contributed by atoms with E-state index in [1.54, 1.807) is 35.6 Å². The summed E-state index contributed by atoms with van der Waals surface area (Å²) in [6.07, 6.45) is 4.44. The van der Waals surface area contributed by atoms with Crippen molar-refractivity contribution in [2.75, 3.05) is 5.75 Å². The fraction of sp³-hybridized carbons (Fsp3) is 0.222. The minimum atomic E-state index is 0.825. The van der Waals surface area contributed by atoms with E-state index in [9.17, 15) is 0 Å². The van der Waals surface area contributed by atoms with Crippen molar-refractivity contribution in [1.29, 1.82) is 0 Å². The fourth-order valence-electron chi connectivity index (χ4n) is 2.63. The van der Waals surface area contributed by atoms with Crippen LogP contribution in [0.4, 0.5) is 0 Å². The Morgan fingerprint density at radius 1 is 1.16 bits per heavy atom. The first kappa shape index (κ1) is 16.2. The molecule has 3 heterocycles. The summed E-state index contributed by atoms with van der Waals surface area (Å²) in [6.45, 7) is 2.18. The highest BCUT2D eigenvalue weighted by Gasteiger charge is 2.21. The summed E-state index contributed by atoms with van der Waals surface area (Å²) in [5, 5.41) is 1.94. The molecular weight excluding hydrogens is 350 g/mol. The van der Waals surface area contributed by atoms with Crippen molar-refractivity contribution < 1.29 is 0 Å². The molecule has 25 heavy (non-hydrogen) atoms. The number of nitrogens with zero attached hydrogens (tertiary/aromatic N) is 5. The second-order valence-corrected chi connectivity index (χ2v) is 7.64. The van der Waals surface area contributed by atoms with Crippen LogP contribution in [0.2, 0.25) is 0 Å². The fourth-order valence-corrected chi connectivity index (χ4v) is 4.42. The number of fused-ring (bicyclic) bond motifs is 1. The summed E-state index contributed by atoms with van der Waals surface area (Å²) in [6, 6.07) is 10.3. The molecule has 4 rings (SSSR count). The summed E-state index contributed by atoms with van der Waals surface area (Å²) in [5.74, 6) is 1.05. The van der Waals surface area contributed by atoms with Gasteiger partial charge in [0.2, 0.25) is 0 Å². The van der Waals surface area contributed by atoms with Crippen molar-refractivity contribution in [2.45, 2.75) is 18.5 Å². The van der Waals surface area contributed by atoms with Crippen LogP contribution in [0.3, 0.4) is 0 Å². The first-order chi connectivity index (χ1) is 12.3. The number of benzene rings is 1. The van der Waals surface area contributed by atoms with E-state index < -0.39 is 0 Å². The van der Waals surface area contributed by atoms with Gasteiger partial charge in [-0.2, -0.15) is 0 Å². The molecule has 0 fully saturated rings.